The molecule has 1 amide bonds. The van der Waals surface area contributed by atoms with Gasteiger partial charge in [0.05, 0.1) is 11.6 Å². The maximum atomic E-state index is 12.0. The van der Waals surface area contributed by atoms with E-state index in [4.69, 9.17) is 26.3 Å². The number of anilines is 1. The Hall–Kier alpha value is -3.04. The lowest BCUT2D eigenvalue weighted by Gasteiger charge is -2.14. The van der Waals surface area contributed by atoms with Crippen LogP contribution in [-0.2, 0) is 14.3 Å². The quantitative estimate of drug-likeness (QED) is 0.801. The van der Waals surface area contributed by atoms with Gasteiger partial charge < -0.3 is 14.8 Å². The molecule has 0 aliphatic rings. The summed E-state index contributed by atoms with van der Waals surface area (Å²) in [6.45, 7) is 1.12. The average Bonchev–Trinajstić information content (AvgIpc) is 2.62. The summed E-state index contributed by atoms with van der Waals surface area (Å²) in [5.74, 6) is -0.716. The molecule has 0 saturated heterocycles. The summed E-state index contributed by atoms with van der Waals surface area (Å²) in [6.07, 6.45) is -0.979. The Morgan fingerprint density at radius 1 is 1.16 bits per heavy atom. The van der Waals surface area contributed by atoms with Crippen molar-refractivity contribution in [2.24, 2.45) is 0 Å². The van der Waals surface area contributed by atoms with Gasteiger partial charge in [-0.1, -0.05) is 11.6 Å². The van der Waals surface area contributed by atoms with Crippen molar-refractivity contribution in [1.82, 2.24) is 0 Å². The molecule has 25 heavy (non-hydrogen) atoms. The van der Waals surface area contributed by atoms with Crippen LogP contribution in [0.2, 0.25) is 5.02 Å². The highest BCUT2D eigenvalue weighted by Crippen LogP contribution is 2.14. The van der Waals surface area contributed by atoms with Gasteiger partial charge in [-0.25, -0.2) is 4.79 Å². The van der Waals surface area contributed by atoms with Crippen molar-refractivity contribution >= 4 is 29.2 Å². The number of amides is 1. The first-order valence-corrected chi connectivity index (χ1v) is 7.74. The van der Waals surface area contributed by atoms with Crippen LogP contribution in [0.4, 0.5) is 5.69 Å². The fourth-order valence-electron chi connectivity index (χ4n) is 1.83. The number of hydrogen-bond donors (Lipinski definition) is 1. The summed E-state index contributed by atoms with van der Waals surface area (Å²) in [5, 5.41) is 11.9. The van der Waals surface area contributed by atoms with Gasteiger partial charge in [-0.2, -0.15) is 5.26 Å². The van der Waals surface area contributed by atoms with E-state index in [2.05, 4.69) is 5.32 Å². The van der Waals surface area contributed by atoms with Crippen LogP contribution >= 0.6 is 11.6 Å². The zero-order chi connectivity index (χ0) is 18.2. The van der Waals surface area contributed by atoms with E-state index >= 15 is 0 Å². The van der Waals surface area contributed by atoms with E-state index in [-0.39, 0.29) is 6.61 Å². The molecule has 0 aliphatic heterocycles. The lowest BCUT2D eigenvalue weighted by atomic mass is 10.2. The van der Waals surface area contributed by atoms with Crippen molar-refractivity contribution in [2.75, 3.05) is 11.9 Å². The van der Waals surface area contributed by atoms with Gasteiger partial charge in [-0.15, -0.1) is 0 Å². The molecular formula is C18H15ClN2O4. The van der Waals surface area contributed by atoms with E-state index in [9.17, 15) is 9.59 Å². The molecule has 2 aromatic carbocycles. The highest BCUT2D eigenvalue weighted by molar-refractivity contribution is 6.30. The van der Waals surface area contributed by atoms with Crippen LogP contribution in [0, 0.1) is 11.3 Å². The molecule has 2 rings (SSSR count). The molecule has 0 aromatic heterocycles. The number of esters is 1. The van der Waals surface area contributed by atoms with E-state index in [1.807, 2.05) is 6.07 Å². The molecule has 0 bridgehead atoms. The number of ether oxygens (including phenoxy) is 2. The second-order valence-electron chi connectivity index (χ2n) is 5.05. The Balaban J connectivity index is 1.79. The second kappa shape index (κ2) is 8.71. The van der Waals surface area contributed by atoms with E-state index < -0.39 is 18.0 Å². The zero-order valence-corrected chi connectivity index (χ0v) is 14.1. The van der Waals surface area contributed by atoms with Gasteiger partial charge >= 0.3 is 5.97 Å². The molecule has 0 fully saturated rings. The second-order valence-corrected chi connectivity index (χ2v) is 5.49. The van der Waals surface area contributed by atoms with Crippen LogP contribution in [-0.4, -0.2) is 24.6 Å². The first kappa shape index (κ1) is 18.3. The summed E-state index contributed by atoms with van der Waals surface area (Å²) in [7, 11) is 0. The highest BCUT2D eigenvalue weighted by Gasteiger charge is 2.18. The largest absolute Gasteiger partial charge is 0.482 e. The molecule has 1 N–H and O–H groups in total. The third-order valence-corrected chi connectivity index (χ3v) is 3.38. The molecule has 0 saturated carbocycles. The Bertz CT molecular complexity index is 782. The fourth-order valence-corrected chi connectivity index (χ4v) is 1.96. The van der Waals surface area contributed by atoms with Gasteiger partial charge in [0.15, 0.2) is 12.7 Å². The van der Waals surface area contributed by atoms with E-state index in [1.54, 1.807) is 48.5 Å². The standard InChI is InChI=1S/C18H15ClN2O4/c1-12(18(23)21-15-6-4-14(19)5-7-15)25-17(22)11-24-16-8-2-13(10-20)3-9-16/h2-9,12H,11H2,1H3,(H,21,23)/t12-/m1/s1. The maximum absolute atomic E-state index is 12.0. The number of nitriles is 1. The number of carbonyl (C=O) groups excluding carboxylic acids is 2. The number of nitrogens with one attached hydrogen (secondary N) is 1. The third-order valence-electron chi connectivity index (χ3n) is 3.13. The monoisotopic (exact) mass is 358 g/mol. The van der Waals surface area contributed by atoms with Crippen LogP contribution in [0.3, 0.4) is 0 Å². The minimum atomic E-state index is -0.979. The first-order chi connectivity index (χ1) is 12.0. The van der Waals surface area contributed by atoms with Crippen LogP contribution in [0.15, 0.2) is 48.5 Å². The summed E-state index contributed by atoms with van der Waals surface area (Å²) in [6, 6.07) is 14.8. The van der Waals surface area contributed by atoms with Crippen LogP contribution in [0.1, 0.15) is 12.5 Å². The van der Waals surface area contributed by atoms with Crippen molar-refractivity contribution in [2.45, 2.75) is 13.0 Å². The van der Waals surface area contributed by atoms with Gasteiger partial charge in [0.25, 0.3) is 5.91 Å². The van der Waals surface area contributed by atoms with Crippen LogP contribution in [0.5, 0.6) is 5.75 Å². The number of carbonyl (C=O) groups is 2. The number of hydrogen-bond acceptors (Lipinski definition) is 5. The number of nitrogens with zero attached hydrogens (tertiary/aromatic N) is 1. The van der Waals surface area contributed by atoms with Crippen LogP contribution in [0.25, 0.3) is 0 Å². The Morgan fingerprint density at radius 3 is 2.40 bits per heavy atom. The van der Waals surface area contributed by atoms with Crippen LogP contribution < -0.4 is 10.1 Å². The predicted molar refractivity (Wildman–Crippen MR) is 92.3 cm³/mol. The average molecular weight is 359 g/mol. The topological polar surface area (TPSA) is 88.4 Å². The molecule has 0 aliphatic carbocycles. The minimum Gasteiger partial charge on any atom is -0.482 e. The zero-order valence-electron chi connectivity index (χ0n) is 13.4. The number of halogens is 1. The van der Waals surface area contributed by atoms with Crippen molar-refractivity contribution in [3.63, 3.8) is 0 Å². The molecule has 0 spiro atoms. The van der Waals surface area contributed by atoms with Gasteiger partial charge in [-0.05, 0) is 55.5 Å². The summed E-state index contributed by atoms with van der Waals surface area (Å²) in [4.78, 5) is 23.7. The van der Waals surface area contributed by atoms with E-state index in [1.165, 1.54) is 6.92 Å². The van der Waals surface area contributed by atoms with Gasteiger partial charge in [0.1, 0.15) is 5.75 Å². The Morgan fingerprint density at radius 2 is 1.80 bits per heavy atom. The molecule has 1 atom stereocenters. The van der Waals surface area contributed by atoms with Crippen molar-refractivity contribution in [1.29, 1.82) is 5.26 Å². The molecule has 128 valence electrons. The lowest BCUT2D eigenvalue weighted by Crippen LogP contribution is -2.31. The summed E-state index contributed by atoms with van der Waals surface area (Å²) in [5.41, 5.74) is 1.04. The number of benzene rings is 2. The lowest BCUT2D eigenvalue weighted by molar-refractivity contribution is -0.155. The van der Waals surface area contributed by atoms with E-state index in [0.717, 1.165) is 0 Å². The van der Waals surface area contributed by atoms with Gasteiger partial charge in [0.2, 0.25) is 0 Å². The Kier molecular flexibility index (Phi) is 6.38. The van der Waals surface area contributed by atoms with Gasteiger partial charge in [-0.3, -0.25) is 4.79 Å². The molecule has 6 nitrogen and oxygen atoms in total. The summed E-state index contributed by atoms with van der Waals surface area (Å²) >= 11 is 5.77. The fraction of sp³-hybridized carbons (Fsp3) is 0.167. The summed E-state index contributed by atoms with van der Waals surface area (Å²) < 4.78 is 10.3. The van der Waals surface area contributed by atoms with Crippen molar-refractivity contribution in [3.05, 3.63) is 59.1 Å². The smallest absolute Gasteiger partial charge is 0.344 e. The molecule has 0 radical (unpaired) electrons. The van der Waals surface area contributed by atoms with Crippen molar-refractivity contribution in [3.8, 4) is 11.8 Å². The third kappa shape index (κ3) is 5.83. The number of rotatable bonds is 6. The minimum absolute atomic E-state index is 0.343. The molecule has 7 heteroatoms. The Labute approximate surface area is 149 Å². The molecule has 0 heterocycles. The normalized spacial score (nSPS) is 11.1. The molecule has 0 unspecified atom stereocenters. The molecular weight excluding hydrogens is 344 g/mol. The molecule has 2 aromatic rings. The van der Waals surface area contributed by atoms with E-state index in [0.29, 0.717) is 22.0 Å². The van der Waals surface area contributed by atoms with Gasteiger partial charge in [0, 0.05) is 10.7 Å². The highest BCUT2D eigenvalue weighted by atomic mass is 35.5. The predicted octanol–water partition coefficient (Wildman–Crippen LogP) is 3.16. The maximum Gasteiger partial charge on any atom is 0.344 e. The van der Waals surface area contributed by atoms with Crippen molar-refractivity contribution < 1.29 is 19.1 Å². The first-order valence-electron chi connectivity index (χ1n) is 7.37. The SMILES string of the molecule is C[C@@H](OC(=O)COc1ccc(C#N)cc1)C(=O)Nc1ccc(Cl)cc1.